The summed E-state index contributed by atoms with van der Waals surface area (Å²) in [5, 5.41) is 9.05. The molecular weight excluding hydrogens is 192 g/mol. The molecule has 1 aromatic rings. The molecule has 2 rings (SSSR count). The van der Waals surface area contributed by atoms with Crippen molar-refractivity contribution < 1.29 is 14.7 Å². The Labute approximate surface area is 86.4 Å². The van der Waals surface area contributed by atoms with Crippen LogP contribution in [0.1, 0.15) is 17.0 Å². The van der Waals surface area contributed by atoms with Crippen LogP contribution in [0, 0.1) is 0 Å². The van der Waals surface area contributed by atoms with Gasteiger partial charge in [-0.1, -0.05) is 30.3 Å². The van der Waals surface area contributed by atoms with Gasteiger partial charge in [-0.2, -0.15) is 0 Å². The second-order valence-electron chi connectivity index (χ2n) is 3.29. The van der Waals surface area contributed by atoms with Crippen LogP contribution in [0.2, 0.25) is 0 Å². The van der Waals surface area contributed by atoms with Gasteiger partial charge in [0.05, 0.1) is 5.57 Å². The highest BCUT2D eigenvalue weighted by Gasteiger charge is 2.28. The summed E-state index contributed by atoms with van der Waals surface area (Å²) in [6, 6.07) is 7.13. The van der Waals surface area contributed by atoms with Crippen LogP contribution in [0.25, 0.3) is 6.08 Å². The molecule has 1 N–H and O–H groups in total. The molecule has 1 unspecified atom stereocenters. The van der Waals surface area contributed by atoms with Crippen LogP contribution in [0.15, 0.2) is 35.9 Å². The summed E-state index contributed by atoms with van der Waals surface area (Å²) in [7, 11) is 0. The van der Waals surface area contributed by atoms with Gasteiger partial charge in [0, 0.05) is 0 Å². The van der Waals surface area contributed by atoms with Crippen LogP contribution in [-0.2, 0) is 9.59 Å². The first-order valence-corrected chi connectivity index (χ1v) is 4.49. The van der Waals surface area contributed by atoms with Crippen molar-refractivity contribution in [2.45, 2.75) is 5.92 Å². The maximum absolute atomic E-state index is 11.1. The SMILES string of the molecule is O=C=C1C=Cc2ccccc2C1C(=O)O. The third-order valence-corrected chi connectivity index (χ3v) is 2.43. The molecule has 0 fully saturated rings. The summed E-state index contributed by atoms with van der Waals surface area (Å²) in [5.74, 6) is -0.233. The summed E-state index contributed by atoms with van der Waals surface area (Å²) < 4.78 is 0. The third-order valence-electron chi connectivity index (χ3n) is 2.43. The smallest absolute Gasteiger partial charge is 0.316 e. The first-order chi connectivity index (χ1) is 7.24. The number of hydrogen-bond donors (Lipinski definition) is 1. The Morgan fingerprint density at radius 2 is 2.00 bits per heavy atom. The fourth-order valence-corrected chi connectivity index (χ4v) is 1.73. The predicted octanol–water partition coefficient (Wildman–Crippen LogP) is 1.64. The minimum absolute atomic E-state index is 0.168. The van der Waals surface area contributed by atoms with Crippen molar-refractivity contribution in [1.29, 1.82) is 0 Å². The Kier molecular flexibility index (Phi) is 2.24. The van der Waals surface area contributed by atoms with E-state index >= 15 is 0 Å². The summed E-state index contributed by atoms with van der Waals surface area (Å²) >= 11 is 0. The molecule has 0 bridgehead atoms. The fourth-order valence-electron chi connectivity index (χ4n) is 1.73. The maximum Gasteiger partial charge on any atom is 0.316 e. The molecular formula is C12H8O3. The monoisotopic (exact) mass is 200 g/mol. The Bertz CT molecular complexity index is 493. The number of hydrogen-bond acceptors (Lipinski definition) is 2. The van der Waals surface area contributed by atoms with E-state index in [0.29, 0.717) is 5.56 Å². The van der Waals surface area contributed by atoms with Crippen LogP contribution < -0.4 is 0 Å². The van der Waals surface area contributed by atoms with Crippen LogP contribution in [0.5, 0.6) is 0 Å². The zero-order valence-electron chi connectivity index (χ0n) is 7.81. The summed E-state index contributed by atoms with van der Waals surface area (Å²) in [4.78, 5) is 21.7. The number of carbonyl (C=O) groups excluding carboxylic acids is 1. The normalized spacial score (nSPS) is 18.1. The maximum atomic E-state index is 11.1. The lowest BCUT2D eigenvalue weighted by molar-refractivity contribution is -0.137. The quantitative estimate of drug-likeness (QED) is 0.701. The molecule has 3 nitrogen and oxygen atoms in total. The van der Waals surface area contributed by atoms with Crippen LogP contribution in [0.3, 0.4) is 0 Å². The minimum Gasteiger partial charge on any atom is -0.481 e. The molecule has 0 heterocycles. The number of carboxylic acid groups (broad SMARTS) is 1. The lowest BCUT2D eigenvalue weighted by atomic mass is 9.84. The van der Waals surface area contributed by atoms with Gasteiger partial charge in [-0.3, -0.25) is 4.79 Å². The number of rotatable bonds is 1. The Morgan fingerprint density at radius 3 is 2.67 bits per heavy atom. The highest BCUT2D eigenvalue weighted by Crippen LogP contribution is 2.32. The van der Waals surface area contributed by atoms with Gasteiger partial charge in [0.2, 0.25) is 0 Å². The molecule has 0 aliphatic heterocycles. The molecule has 1 aliphatic rings. The van der Waals surface area contributed by atoms with Gasteiger partial charge in [0.15, 0.2) is 0 Å². The molecule has 74 valence electrons. The van der Waals surface area contributed by atoms with Crippen molar-refractivity contribution >= 4 is 18.0 Å². The second-order valence-corrected chi connectivity index (χ2v) is 3.29. The highest BCUT2D eigenvalue weighted by molar-refractivity contribution is 5.89. The van der Waals surface area contributed by atoms with E-state index in [2.05, 4.69) is 0 Å². The molecule has 0 aromatic heterocycles. The van der Waals surface area contributed by atoms with Crippen LogP contribution in [-0.4, -0.2) is 17.0 Å². The summed E-state index contributed by atoms with van der Waals surface area (Å²) in [5.41, 5.74) is 1.65. The van der Waals surface area contributed by atoms with E-state index in [-0.39, 0.29) is 5.57 Å². The summed E-state index contributed by atoms with van der Waals surface area (Å²) in [6.07, 6.45) is 3.24. The minimum atomic E-state index is -1.02. The predicted molar refractivity (Wildman–Crippen MR) is 55.1 cm³/mol. The molecule has 0 saturated heterocycles. The topological polar surface area (TPSA) is 54.4 Å². The van der Waals surface area contributed by atoms with Crippen molar-refractivity contribution in [2.24, 2.45) is 0 Å². The lowest BCUT2D eigenvalue weighted by Gasteiger charge is -2.18. The van der Waals surface area contributed by atoms with Crippen molar-refractivity contribution in [3.63, 3.8) is 0 Å². The van der Waals surface area contributed by atoms with E-state index in [1.165, 1.54) is 6.08 Å². The number of fused-ring (bicyclic) bond motifs is 1. The van der Waals surface area contributed by atoms with E-state index < -0.39 is 11.9 Å². The molecule has 0 spiro atoms. The van der Waals surface area contributed by atoms with Crippen LogP contribution >= 0.6 is 0 Å². The Hall–Kier alpha value is -2.12. The molecule has 3 heteroatoms. The molecule has 0 saturated carbocycles. The second kappa shape index (κ2) is 3.56. The average molecular weight is 200 g/mol. The van der Waals surface area contributed by atoms with Gasteiger partial charge in [0.25, 0.3) is 0 Å². The molecule has 1 aromatic carbocycles. The number of allylic oxidation sites excluding steroid dienone is 1. The molecule has 1 atom stereocenters. The van der Waals surface area contributed by atoms with Gasteiger partial charge < -0.3 is 5.11 Å². The zero-order chi connectivity index (χ0) is 10.8. The zero-order valence-corrected chi connectivity index (χ0v) is 7.81. The van der Waals surface area contributed by atoms with Crippen molar-refractivity contribution in [1.82, 2.24) is 0 Å². The van der Waals surface area contributed by atoms with E-state index in [9.17, 15) is 9.59 Å². The highest BCUT2D eigenvalue weighted by atomic mass is 16.4. The first-order valence-electron chi connectivity index (χ1n) is 4.49. The Morgan fingerprint density at radius 1 is 1.27 bits per heavy atom. The molecule has 0 radical (unpaired) electrons. The van der Waals surface area contributed by atoms with Gasteiger partial charge in [-0.25, -0.2) is 4.79 Å². The Balaban J connectivity index is 2.65. The van der Waals surface area contributed by atoms with Crippen molar-refractivity contribution in [3.8, 4) is 0 Å². The van der Waals surface area contributed by atoms with Gasteiger partial charge >= 0.3 is 5.97 Å². The van der Waals surface area contributed by atoms with Crippen molar-refractivity contribution in [3.05, 3.63) is 47.0 Å². The average Bonchev–Trinajstić information content (AvgIpc) is 2.27. The fraction of sp³-hybridized carbons (Fsp3) is 0.0833. The standard InChI is InChI=1S/C12H8O3/c13-7-9-6-5-8-3-1-2-4-10(8)11(9)12(14)15/h1-6,11H,(H,14,15). The van der Waals surface area contributed by atoms with Crippen molar-refractivity contribution in [2.75, 3.05) is 0 Å². The van der Waals surface area contributed by atoms with E-state index in [1.807, 2.05) is 12.1 Å². The van der Waals surface area contributed by atoms with Gasteiger partial charge in [0.1, 0.15) is 11.9 Å². The van der Waals surface area contributed by atoms with E-state index in [0.717, 1.165) is 5.56 Å². The first kappa shape index (κ1) is 9.44. The lowest BCUT2D eigenvalue weighted by Crippen LogP contribution is -2.17. The number of carboxylic acids is 1. The molecule has 15 heavy (non-hydrogen) atoms. The van der Waals surface area contributed by atoms with Crippen LogP contribution in [0.4, 0.5) is 0 Å². The summed E-state index contributed by atoms with van der Waals surface area (Å²) in [6.45, 7) is 0. The van der Waals surface area contributed by atoms with Gasteiger partial charge in [-0.15, -0.1) is 0 Å². The number of benzene rings is 1. The number of carbonyl (C=O) groups is 1. The largest absolute Gasteiger partial charge is 0.481 e. The van der Waals surface area contributed by atoms with E-state index in [4.69, 9.17) is 5.11 Å². The van der Waals surface area contributed by atoms with Gasteiger partial charge in [-0.05, 0) is 17.2 Å². The third kappa shape index (κ3) is 1.49. The molecule has 1 aliphatic carbocycles. The molecule has 0 amide bonds. The van der Waals surface area contributed by atoms with E-state index in [1.54, 1.807) is 24.2 Å². The number of aliphatic carboxylic acids is 1.